The van der Waals surface area contributed by atoms with Gasteiger partial charge in [-0.2, -0.15) is 0 Å². The molecule has 2 heterocycles. The number of amides is 4. The van der Waals surface area contributed by atoms with Crippen molar-refractivity contribution in [2.45, 2.75) is 0 Å². The first-order valence-corrected chi connectivity index (χ1v) is 3.78. The van der Waals surface area contributed by atoms with Crippen molar-refractivity contribution in [3.8, 4) is 0 Å². The monoisotopic (exact) mass is 198 g/mol. The summed E-state index contributed by atoms with van der Waals surface area (Å²) in [5.74, 6) is -1.02. The van der Waals surface area contributed by atoms with Gasteiger partial charge in [-0.05, 0) is 0 Å². The van der Waals surface area contributed by atoms with E-state index in [0.717, 1.165) is 23.3 Å². The predicted octanol–water partition coefficient (Wildman–Crippen LogP) is -0.937. The second kappa shape index (κ2) is 3.35. The van der Waals surface area contributed by atoms with Gasteiger partial charge in [0.05, 0.1) is 13.2 Å². The van der Waals surface area contributed by atoms with E-state index in [0.29, 0.717) is 0 Å². The number of nitrogens with zero attached hydrogens (tertiary/aromatic N) is 2. The molecule has 14 heavy (non-hydrogen) atoms. The van der Waals surface area contributed by atoms with Crippen LogP contribution in [0, 0.1) is 13.5 Å². The molecule has 2 aliphatic heterocycles. The molecule has 0 spiro atoms. The summed E-state index contributed by atoms with van der Waals surface area (Å²) >= 11 is 0. The van der Waals surface area contributed by atoms with Crippen LogP contribution >= 0.6 is 0 Å². The fourth-order valence-electron chi connectivity index (χ4n) is 1.04. The summed E-state index contributed by atoms with van der Waals surface area (Å²) in [6.45, 7) is 1.58. The van der Waals surface area contributed by atoms with Gasteiger partial charge in [0.15, 0.2) is 0 Å². The molecule has 0 aliphatic carbocycles. The van der Waals surface area contributed by atoms with Crippen molar-refractivity contribution in [2.24, 2.45) is 0 Å². The molecule has 7 heteroatoms. The minimum absolute atomic E-state index is 0.186. The molecular weight excluding hydrogens is 192 g/mol. The minimum atomic E-state index is -0.782. The van der Waals surface area contributed by atoms with Gasteiger partial charge < -0.3 is 19.3 Å². The van der Waals surface area contributed by atoms with E-state index in [1.165, 1.54) is 0 Å². The van der Waals surface area contributed by atoms with Crippen molar-refractivity contribution in [3.05, 3.63) is 13.5 Å². The first kappa shape index (κ1) is 9.10. The van der Waals surface area contributed by atoms with Crippen LogP contribution in [0.2, 0.25) is 0 Å². The van der Waals surface area contributed by atoms with Crippen LogP contribution in [0.3, 0.4) is 0 Å². The summed E-state index contributed by atoms with van der Waals surface area (Å²) in [7, 11) is 0. The normalized spacial score (nSPS) is 22.3. The first-order valence-electron chi connectivity index (χ1n) is 3.78. The van der Waals surface area contributed by atoms with E-state index in [2.05, 4.69) is 9.47 Å². The maximum atomic E-state index is 11.5. The van der Waals surface area contributed by atoms with Crippen molar-refractivity contribution in [1.29, 1.82) is 0 Å². The lowest BCUT2D eigenvalue weighted by molar-refractivity contribution is -0.126. The Hall–Kier alpha value is -1.47. The lowest BCUT2D eigenvalue weighted by Crippen LogP contribution is -2.42. The van der Waals surface area contributed by atoms with E-state index >= 15 is 0 Å². The number of urea groups is 1. The average Bonchev–Trinajstić information content (AvgIpc) is 2.73. The zero-order valence-corrected chi connectivity index (χ0v) is 7.00. The predicted molar refractivity (Wildman–Crippen MR) is 39.6 cm³/mol. The molecule has 2 aliphatic rings. The molecule has 0 atom stereocenters. The summed E-state index contributed by atoms with van der Waals surface area (Å²) in [5, 5.41) is 0. The Morgan fingerprint density at radius 2 is 1.50 bits per heavy atom. The summed E-state index contributed by atoms with van der Waals surface area (Å²) < 4.78 is 9.25. The van der Waals surface area contributed by atoms with Gasteiger partial charge in [0.2, 0.25) is 11.8 Å². The minimum Gasteiger partial charge on any atom is -0.524 e. The lowest BCUT2D eigenvalue weighted by atomic mass is 10.5. The van der Waals surface area contributed by atoms with Crippen LogP contribution in [0.1, 0.15) is 0 Å². The van der Waals surface area contributed by atoms with Gasteiger partial charge in [-0.3, -0.25) is 14.4 Å². The molecule has 2 saturated heterocycles. The number of ether oxygens (including phenoxy) is 2. The highest BCUT2D eigenvalue weighted by atomic mass is 16.5. The molecule has 0 radical (unpaired) electrons. The Morgan fingerprint density at radius 3 is 1.79 bits per heavy atom. The maximum Gasteiger partial charge on any atom is 0.277 e. The Kier molecular flexibility index (Phi) is 2.18. The molecular formula is C7H6N2O5-2. The summed E-state index contributed by atoms with van der Waals surface area (Å²) in [4.78, 5) is 35.0. The average molecular weight is 198 g/mol. The second-order valence-corrected chi connectivity index (χ2v) is 2.64. The smallest absolute Gasteiger partial charge is 0.277 e. The molecule has 0 aromatic carbocycles. The van der Waals surface area contributed by atoms with Gasteiger partial charge in [0.1, 0.15) is 0 Å². The Balaban J connectivity index is 2.07. The SMILES string of the molecule is O=C1CO[CH-]N1C(=O)N1[CH-]OCC1=O. The molecule has 0 aromatic rings. The van der Waals surface area contributed by atoms with Crippen molar-refractivity contribution < 1.29 is 23.9 Å². The second-order valence-electron chi connectivity index (χ2n) is 2.64. The van der Waals surface area contributed by atoms with E-state index in [9.17, 15) is 14.4 Å². The molecule has 76 valence electrons. The largest absolute Gasteiger partial charge is 0.524 e. The molecule has 2 fully saturated rings. The van der Waals surface area contributed by atoms with Crippen LogP contribution in [-0.2, 0) is 19.1 Å². The fourth-order valence-corrected chi connectivity index (χ4v) is 1.04. The molecule has 7 nitrogen and oxygen atoms in total. The zero-order valence-electron chi connectivity index (χ0n) is 7.00. The van der Waals surface area contributed by atoms with Gasteiger partial charge in [0.25, 0.3) is 6.03 Å². The summed E-state index contributed by atoms with van der Waals surface area (Å²) in [6.07, 6.45) is 0. The molecule has 0 aromatic heterocycles. The van der Waals surface area contributed by atoms with Crippen LogP contribution in [0.5, 0.6) is 0 Å². The highest BCUT2D eigenvalue weighted by molar-refractivity contribution is 6.04. The quantitative estimate of drug-likeness (QED) is 0.469. The van der Waals surface area contributed by atoms with E-state index in [1.54, 1.807) is 0 Å². The third kappa shape index (κ3) is 1.36. The number of hydrogen-bond donors (Lipinski definition) is 0. The Bertz CT molecular complexity index is 274. The van der Waals surface area contributed by atoms with E-state index in [1.807, 2.05) is 0 Å². The molecule has 4 amide bonds. The highest BCUT2D eigenvalue weighted by Crippen LogP contribution is 2.14. The van der Waals surface area contributed by atoms with Crippen LogP contribution in [-0.4, -0.2) is 40.9 Å². The van der Waals surface area contributed by atoms with Gasteiger partial charge >= 0.3 is 0 Å². The van der Waals surface area contributed by atoms with Gasteiger partial charge in [-0.25, -0.2) is 0 Å². The first-order chi connectivity index (χ1) is 6.70. The molecule has 2 rings (SSSR count). The summed E-state index contributed by atoms with van der Waals surface area (Å²) in [6, 6.07) is -0.782. The number of hydrogen-bond acceptors (Lipinski definition) is 5. The number of imide groups is 2. The highest BCUT2D eigenvalue weighted by Gasteiger charge is 2.25. The van der Waals surface area contributed by atoms with Crippen molar-refractivity contribution in [1.82, 2.24) is 9.80 Å². The van der Waals surface area contributed by atoms with Gasteiger partial charge in [-0.15, -0.1) is 13.5 Å². The van der Waals surface area contributed by atoms with Crippen molar-refractivity contribution in [3.63, 3.8) is 0 Å². The topological polar surface area (TPSA) is 76.2 Å². The fraction of sp³-hybridized carbons (Fsp3) is 0.286. The number of rotatable bonds is 0. The number of carbonyl (C=O) groups excluding carboxylic acids is 3. The molecule has 0 saturated carbocycles. The third-order valence-corrected chi connectivity index (χ3v) is 1.72. The Morgan fingerprint density at radius 1 is 1.07 bits per heavy atom. The molecule has 0 bridgehead atoms. The zero-order chi connectivity index (χ0) is 10.1. The lowest BCUT2D eigenvalue weighted by Gasteiger charge is -2.30. The van der Waals surface area contributed by atoms with E-state index < -0.39 is 17.8 Å². The molecule has 0 N–H and O–H groups in total. The summed E-state index contributed by atoms with van der Waals surface area (Å²) in [5.41, 5.74) is 0. The van der Waals surface area contributed by atoms with Crippen LogP contribution < -0.4 is 0 Å². The standard InChI is InChI=1S/C7H6N2O5/c10-5-1-13-3-8(5)7(12)9-4-14-2-6(9)11/h3-4H,1-2H2/q-2. The third-order valence-electron chi connectivity index (χ3n) is 1.72. The molecule has 0 unspecified atom stereocenters. The van der Waals surface area contributed by atoms with Crippen molar-refractivity contribution >= 4 is 17.8 Å². The van der Waals surface area contributed by atoms with Gasteiger partial charge in [0, 0.05) is 0 Å². The Labute approximate surface area is 79.1 Å². The maximum absolute atomic E-state index is 11.5. The van der Waals surface area contributed by atoms with Gasteiger partial charge in [-0.1, -0.05) is 0 Å². The van der Waals surface area contributed by atoms with Crippen LogP contribution in [0.25, 0.3) is 0 Å². The van der Waals surface area contributed by atoms with Crippen LogP contribution in [0.15, 0.2) is 0 Å². The van der Waals surface area contributed by atoms with E-state index in [4.69, 9.17) is 0 Å². The van der Waals surface area contributed by atoms with Crippen LogP contribution in [0.4, 0.5) is 4.79 Å². The van der Waals surface area contributed by atoms with Crippen molar-refractivity contribution in [2.75, 3.05) is 13.2 Å². The van der Waals surface area contributed by atoms with E-state index in [-0.39, 0.29) is 13.2 Å². The number of carbonyl (C=O) groups is 3.